The van der Waals surface area contributed by atoms with Crippen LogP contribution in [0.2, 0.25) is 0 Å². The van der Waals surface area contributed by atoms with Crippen LogP contribution in [0.25, 0.3) is 98.6 Å². The molecule has 12 aromatic carbocycles. The zero-order valence-electron chi connectivity index (χ0n) is 45.5. The van der Waals surface area contributed by atoms with Gasteiger partial charge in [-0.2, -0.15) is 0 Å². The zero-order chi connectivity index (χ0) is 54.4. The summed E-state index contributed by atoms with van der Waals surface area (Å²) in [6.45, 7) is 0. The highest BCUT2D eigenvalue weighted by Gasteiger charge is 2.18. The topological polar surface area (TPSA) is 26.2 Å². The van der Waals surface area contributed by atoms with Crippen molar-refractivity contribution < 1.29 is 0 Å². The minimum Gasteiger partial charge on any atom is -0.345 e. The number of para-hydroxylation sites is 9. The molecule has 81 heavy (non-hydrogen) atoms. The second kappa shape index (κ2) is 20.7. The van der Waals surface area contributed by atoms with Crippen molar-refractivity contribution in [2.75, 3.05) is 16.8 Å². The maximum atomic E-state index is 2.38. The van der Waals surface area contributed by atoms with Crippen LogP contribution in [0.1, 0.15) is 0 Å². The van der Waals surface area contributed by atoms with E-state index >= 15 is 0 Å². The normalized spacial score (nSPS) is 11.4. The lowest BCUT2D eigenvalue weighted by Gasteiger charge is -2.25. The average molecular weight is 1040 g/mol. The molecule has 0 saturated heterocycles. The van der Waals surface area contributed by atoms with Crippen LogP contribution in [0.15, 0.2) is 297 Å². The lowest BCUT2D eigenvalue weighted by molar-refractivity contribution is 1.01. The lowest BCUT2D eigenvalue weighted by atomic mass is 10.1. The van der Waals surface area contributed by atoms with Crippen molar-refractivity contribution in [1.29, 1.82) is 0 Å². The first kappa shape index (κ1) is 48.8. The summed E-state index contributed by atoms with van der Waals surface area (Å²) in [5, 5.41) is 10.4. The van der Waals surface area contributed by atoms with Gasteiger partial charge in [0, 0.05) is 115 Å². The molecule has 16 aromatic rings. The molecule has 0 aliphatic carbocycles. The molecule has 16 rings (SSSR count). The van der Waals surface area contributed by atoms with E-state index in [9.17, 15) is 0 Å². The second-order valence-corrected chi connectivity index (χ2v) is 20.7. The molecule has 6 heteroatoms. The highest BCUT2D eigenvalue weighted by Crippen LogP contribution is 2.40. The van der Waals surface area contributed by atoms with Gasteiger partial charge in [0.1, 0.15) is 0 Å². The van der Waals surface area contributed by atoms with Gasteiger partial charge in [0.05, 0.1) is 33.1 Å². The van der Waals surface area contributed by atoms with Crippen LogP contribution >= 0.6 is 0 Å². The molecule has 388 valence electrons. The molecule has 0 amide bonds. The van der Waals surface area contributed by atoms with Crippen LogP contribution in [0.4, 0.5) is 28.4 Å². The Morgan fingerprint density at radius 2 is 0.543 bits per heavy atom. The number of hydrogen-bond acceptors (Lipinski definition) is 2. The van der Waals surface area contributed by atoms with Crippen molar-refractivity contribution in [3.05, 3.63) is 297 Å². The summed E-state index contributed by atoms with van der Waals surface area (Å²) in [6, 6.07) is 106. The number of anilines is 5. The lowest BCUT2D eigenvalue weighted by Crippen LogP contribution is -2.09. The zero-order valence-corrected chi connectivity index (χ0v) is 45.5. The number of aromatic nitrogens is 4. The van der Waals surface area contributed by atoms with Gasteiger partial charge >= 0.3 is 0 Å². The van der Waals surface area contributed by atoms with E-state index in [1.54, 1.807) is 0 Å². The molecule has 0 radical (unpaired) electrons. The molecule has 4 aromatic heterocycles. The van der Waals surface area contributed by atoms with E-state index in [1.165, 1.54) is 110 Å². The summed E-state index contributed by atoms with van der Waals surface area (Å²) >= 11 is 0. The first-order chi connectivity index (χ1) is 40.0. The third kappa shape index (κ3) is 8.62. The molecule has 4 heterocycles. The van der Waals surface area contributed by atoms with Crippen LogP contribution in [0, 0.1) is 0 Å². The summed E-state index contributed by atoms with van der Waals surface area (Å²) in [5.74, 6) is 0. The summed E-state index contributed by atoms with van der Waals surface area (Å²) in [7, 11) is 6.41. The smallest absolute Gasteiger partial charge is 0.0541 e. The Bertz CT molecular complexity index is 4780. The molecule has 0 atom stereocenters. The van der Waals surface area contributed by atoms with E-state index in [4.69, 9.17) is 0 Å². The van der Waals surface area contributed by atoms with Crippen LogP contribution in [0.5, 0.6) is 0 Å². The van der Waals surface area contributed by atoms with Crippen LogP contribution in [-0.4, -0.2) is 25.3 Å². The summed E-state index contributed by atoms with van der Waals surface area (Å²) in [4.78, 5) is 4.52. The summed E-state index contributed by atoms with van der Waals surface area (Å²) in [6.07, 6.45) is 0. The average Bonchev–Trinajstić information content (AvgIpc) is 4.34. The quantitative estimate of drug-likeness (QED) is 0.159. The number of fused-ring (bicyclic) bond motifs is 12. The van der Waals surface area contributed by atoms with Crippen molar-refractivity contribution in [2.45, 2.75) is 0 Å². The van der Waals surface area contributed by atoms with Crippen molar-refractivity contribution >= 4 is 116 Å². The first-order valence-corrected chi connectivity index (χ1v) is 27.7. The highest BCUT2D eigenvalue weighted by atomic mass is 15.1. The Morgan fingerprint density at radius 3 is 0.988 bits per heavy atom. The number of hydrogen-bond donors (Lipinski definition) is 0. The number of benzene rings is 12. The molecule has 0 aliphatic rings. The fourth-order valence-electron chi connectivity index (χ4n) is 12.2. The minimum atomic E-state index is 1.15. The predicted molar refractivity (Wildman–Crippen MR) is 345 cm³/mol. The molecule has 0 N–H and O–H groups in total. The van der Waals surface area contributed by atoms with E-state index < -0.39 is 0 Å². The fourth-order valence-corrected chi connectivity index (χ4v) is 12.2. The van der Waals surface area contributed by atoms with Gasteiger partial charge in [-0.1, -0.05) is 182 Å². The van der Waals surface area contributed by atoms with Crippen molar-refractivity contribution in [1.82, 2.24) is 18.3 Å². The molecule has 0 fully saturated rings. The van der Waals surface area contributed by atoms with Gasteiger partial charge in [0.25, 0.3) is 0 Å². The van der Waals surface area contributed by atoms with Gasteiger partial charge in [-0.3, -0.25) is 0 Å². The van der Waals surface area contributed by atoms with Gasteiger partial charge in [0.15, 0.2) is 0 Å². The largest absolute Gasteiger partial charge is 0.345 e. The maximum Gasteiger partial charge on any atom is 0.0541 e. The Hall–Kier alpha value is -10.6. The van der Waals surface area contributed by atoms with Gasteiger partial charge < -0.3 is 28.1 Å². The summed E-state index contributed by atoms with van der Waals surface area (Å²) in [5.41, 5.74) is 18.2. The van der Waals surface area contributed by atoms with Gasteiger partial charge in [-0.15, -0.1) is 0 Å². The SMILES string of the molecule is CN(c1ccccc1)c1cccc(-n2c3ccccc3c3ccccc32)c1.Cn1c2ccccc2c2ccc(-n3c4ccccc4c4ccccc43)cc21.Cn1c2ccccc2c2ccc(N(c3ccccc3)c3ccccc3)cc21. The Morgan fingerprint density at radius 1 is 0.222 bits per heavy atom. The van der Waals surface area contributed by atoms with E-state index in [2.05, 4.69) is 340 Å². The predicted octanol–water partition coefficient (Wildman–Crippen LogP) is 19.8. The molecular weight excluding hydrogens is 985 g/mol. The number of aryl methyl sites for hydroxylation is 2. The van der Waals surface area contributed by atoms with Crippen molar-refractivity contribution in [2.24, 2.45) is 14.1 Å². The van der Waals surface area contributed by atoms with Crippen LogP contribution in [0.3, 0.4) is 0 Å². The van der Waals surface area contributed by atoms with E-state index in [-0.39, 0.29) is 0 Å². The Balaban J connectivity index is 0.000000109. The minimum absolute atomic E-state index is 1.15. The van der Waals surface area contributed by atoms with Crippen LogP contribution < -0.4 is 9.80 Å². The molecule has 6 nitrogen and oxygen atoms in total. The van der Waals surface area contributed by atoms with Crippen LogP contribution in [-0.2, 0) is 14.1 Å². The highest BCUT2D eigenvalue weighted by molar-refractivity contribution is 6.12. The van der Waals surface area contributed by atoms with E-state index in [0.717, 1.165) is 17.1 Å². The second-order valence-electron chi connectivity index (χ2n) is 20.7. The number of rotatable bonds is 7. The van der Waals surface area contributed by atoms with Gasteiger partial charge in [0.2, 0.25) is 0 Å². The van der Waals surface area contributed by atoms with Gasteiger partial charge in [-0.05, 0) is 115 Å². The number of nitrogens with zero attached hydrogens (tertiary/aromatic N) is 6. The molecule has 0 spiro atoms. The first-order valence-electron chi connectivity index (χ1n) is 27.7. The van der Waals surface area contributed by atoms with Crippen molar-refractivity contribution in [3.63, 3.8) is 0 Å². The molecule has 0 unspecified atom stereocenters. The van der Waals surface area contributed by atoms with Gasteiger partial charge in [-0.25, -0.2) is 0 Å². The molecular formula is C75H58N6. The standard InChI is InChI=1S/C25H18N2.2C25H20N2/c1-26-22-11-5-2-8-18(22)21-15-14-17(16-25(21)26)27-23-12-6-3-9-19(23)20-10-4-7-13-24(20)27;1-26-24-15-9-8-14-22(24)23-17-16-21(18-25(23)26)27(19-10-4-2-5-11-19)20-12-6-3-7-13-20;1-26(19-10-3-2-4-11-19)20-12-9-13-21(18-20)27-24-16-7-5-14-22(24)23-15-6-8-17-25(23)27/h2-16H,1H3;2*2-18H,1H3. The Kier molecular flexibility index (Phi) is 12.4. The van der Waals surface area contributed by atoms with Crippen molar-refractivity contribution in [3.8, 4) is 11.4 Å². The summed E-state index contributed by atoms with van der Waals surface area (Å²) < 4.78 is 9.30. The third-order valence-electron chi connectivity index (χ3n) is 16.1. The monoisotopic (exact) mass is 1040 g/mol. The maximum absolute atomic E-state index is 2.38. The molecule has 0 aliphatic heterocycles. The molecule has 0 saturated carbocycles. The Labute approximate surface area is 471 Å². The molecule has 0 bridgehead atoms. The van der Waals surface area contributed by atoms with E-state index in [1.807, 2.05) is 6.07 Å². The fraction of sp³-hybridized carbons (Fsp3) is 0.0400. The van der Waals surface area contributed by atoms with E-state index in [0.29, 0.717) is 0 Å². The third-order valence-corrected chi connectivity index (χ3v) is 16.1.